The molecule has 12 heavy (non-hydrogen) atoms. The summed E-state index contributed by atoms with van der Waals surface area (Å²) < 4.78 is 2.24. The van der Waals surface area contributed by atoms with E-state index in [1.807, 2.05) is 0 Å². The maximum absolute atomic E-state index is 11.5. The standard InChI is InChI=1S/C8H7BrClNO/c9-7-3-5(10)4-11(8(7)12)6-1-2-6/h3-4,6H,1-2H2. The Morgan fingerprint density at radius 2 is 2.25 bits per heavy atom. The van der Waals surface area contributed by atoms with Crippen molar-refractivity contribution < 1.29 is 0 Å². The molecule has 0 bridgehead atoms. The maximum atomic E-state index is 11.5. The van der Waals surface area contributed by atoms with Crippen LogP contribution in [0.15, 0.2) is 21.5 Å². The second-order valence-corrected chi connectivity index (χ2v) is 4.24. The molecule has 1 aliphatic rings. The van der Waals surface area contributed by atoms with Gasteiger partial charge >= 0.3 is 0 Å². The number of halogens is 2. The highest BCUT2D eigenvalue weighted by Gasteiger charge is 2.25. The first-order valence-electron chi connectivity index (χ1n) is 3.75. The van der Waals surface area contributed by atoms with Crippen LogP contribution in [0.3, 0.4) is 0 Å². The van der Waals surface area contributed by atoms with E-state index in [9.17, 15) is 4.79 Å². The van der Waals surface area contributed by atoms with Crippen LogP contribution in [0.2, 0.25) is 5.02 Å². The molecule has 1 fully saturated rings. The van der Waals surface area contributed by atoms with Gasteiger partial charge in [-0.1, -0.05) is 11.6 Å². The van der Waals surface area contributed by atoms with Crippen molar-refractivity contribution in [3.63, 3.8) is 0 Å². The first-order chi connectivity index (χ1) is 5.68. The highest BCUT2D eigenvalue weighted by atomic mass is 79.9. The first-order valence-corrected chi connectivity index (χ1v) is 4.93. The van der Waals surface area contributed by atoms with E-state index in [1.54, 1.807) is 16.8 Å². The van der Waals surface area contributed by atoms with Gasteiger partial charge in [0.15, 0.2) is 0 Å². The number of hydrogen-bond acceptors (Lipinski definition) is 1. The van der Waals surface area contributed by atoms with Gasteiger partial charge in [-0.3, -0.25) is 4.79 Å². The quantitative estimate of drug-likeness (QED) is 0.749. The summed E-state index contributed by atoms with van der Waals surface area (Å²) in [4.78, 5) is 11.5. The highest BCUT2D eigenvalue weighted by Crippen LogP contribution is 2.34. The summed E-state index contributed by atoms with van der Waals surface area (Å²) in [6.07, 6.45) is 3.88. The fourth-order valence-corrected chi connectivity index (χ4v) is 1.96. The van der Waals surface area contributed by atoms with Gasteiger partial charge in [0.05, 0.1) is 9.50 Å². The van der Waals surface area contributed by atoms with E-state index in [-0.39, 0.29) is 5.56 Å². The van der Waals surface area contributed by atoms with Crippen LogP contribution >= 0.6 is 27.5 Å². The Balaban J connectivity index is 2.58. The van der Waals surface area contributed by atoms with Crippen molar-refractivity contribution >= 4 is 27.5 Å². The minimum Gasteiger partial charge on any atom is -0.310 e. The second-order valence-electron chi connectivity index (χ2n) is 2.95. The van der Waals surface area contributed by atoms with Crippen LogP contribution in [0.4, 0.5) is 0 Å². The molecule has 1 aromatic rings. The van der Waals surface area contributed by atoms with Crippen LogP contribution in [0.1, 0.15) is 18.9 Å². The Labute approximate surface area is 83.3 Å². The van der Waals surface area contributed by atoms with Gasteiger partial charge in [-0.25, -0.2) is 0 Å². The molecule has 0 spiro atoms. The molecule has 1 heterocycles. The molecule has 0 N–H and O–H groups in total. The van der Waals surface area contributed by atoms with E-state index < -0.39 is 0 Å². The zero-order valence-electron chi connectivity index (χ0n) is 6.26. The van der Waals surface area contributed by atoms with Crippen molar-refractivity contribution in [2.45, 2.75) is 18.9 Å². The molecule has 1 aliphatic carbocycles. The molecule has 0 saturated heterocycles. The van der Waals surface area contributed by atoms with Crippen molar-refractivity contribution in [1.82, 2.24) is 4.57 Å². The zero-order valence-corrected chi connectivity index (χ0v) is 8.60. The van der Waals surface area contributed by atoms with Crippen molar-refractivity contribution in [3.05, 3.63) is 32.1 Å². The maximum Gasteiger partial charge on any atom is 0.265 e. The molecule has 2 rings (SSSR count). The van der Waals surface area contributed by atoms with Gasteiger partial charge in [0.2, 0.25) is 0 Å². The zero-order chi connectivity index (χ0) is 8.72. The second kappa shape index (κ2) is 2.89. The smallest absolute Gasteiger partial charge is 0.265 e. The predicted molar refractivity (Wildman–Crippen MR) is 51.7 cm³/mol. The van der Waals surface area contributed by atoms with Gasteiger partial charge in [0.1, 0.15) is 0 Å². The average molecular weight is 249 g/mol. The Bertz CT molecular complexity index is 370. The Hall–Kier alpha value is -0.280. The largest absolute Gasteiger partial charge is 0.310 e. The van der Waals surface area contributed by atoms with E-state index in [1.165, 1.54) is 0 Å². The van der Waals surface area contributed by atoms with Crippen molar-refractivity contribution in [1.29, 1.82) is 0 Å². The molecular formula is C8H7BrClNO. The van der Waals surface area contributed by atoms with E-state index in [2.05, 4.69) is 15.9 Å². The number of nitrogens with zero attached hydrogens (tertiary/aromatic N) is 1. The monoisotopic (exact) mass is 247 g/mol. The SMILES string of the molecule is O=c1c(Br)cc(Cl)cn1C1CC1. The van der Waals surface area contributed by atoms with Crippen LogP contribution in [-0.4, -0.2) is 4.57 Å². The normalized spacial score (nSPS) is 16.5. The molecule has 64 valence electrons. The van der Waals surface area contributed by atoms with Crippen LogP contribution in [0.5, 0.6) is 0 Å². The topological polar surface area (TPSA) is 22.0 Å². The van der Waals surface area contributed by atoms with Gasteiger partial charge in [0.25, 0.3) is 5.56 Å². The summed E-state index contributed by atoms with van der Waals surface area (Å²) in [5.74, 6) is 0. The average Bonchev–Trinajstić information content (AvgIpc) is 2.79. The van der Waals surface area contributed by atoms with Crippen LogP contribution < -0.4 is 5.56 Å². The van der Waals surface area contributed by atoms with Crippen LogP contribution in [0.25, 0.3) is 0 Å². The molecule has 0 amide bonds. The van der Waals surface area contributed by atoms with E-state index in [4.69, 9.17) is 11.6 Å². The molecule has 0 atom stereocenters. The summed E-state index contributed by atoms with van der Waals surface area (Å²) in [5.41, 5.74) is 0.0156. The number of hydrogen-bond donors (Lipinski definition) is 0. The lowest BCUT2D eigenvalue weighted by molar-refractivity contribution is 0.704. The predicted octanol–water partition coefficient (Wildman–Crippen LogP) is 2.60. The summed E-state index contributed by atoms with van der Waals surface area (Å²) in [6, 6.07) is 2.01. The summed E-state index contributed by atoms with van der Waals surface area (Å²) in [6.45, 7) is 0. The Morgan fingerprint density at radius 1 is 1.58 bits per heavy atom. The van der Waals surface area contributed by atoms with E-state index >= 15 is 0 Å². The van der Waals surface area contributed by atoms with E-state index in [0.717, 1.165) is 12.8 Å². The van der Waals surface area contributed by atoms with Crippen LogP contribution in [-0.2, 0) is 0 Å². The Kier molecular flexibility index (Phi) is 2.00. The van der Waals surface area contributed by atoms with Gasteiger partial charge in [0, 0.05) is 12.2 Å². The summed E-state index contributed by atoms with van der Waals surface area (Å²) in [7, 11) is 0. The highest BCUT2D eigenvalue weighted by molar-refractivity contribution is 9.10. The summed E-state index contributed by atoms with van der Waals surface area (Å²) >= 11 is 8.98. The number of rotatable bonds is 1. The van der Waals surface area contributed by atoms with Gasteiger partial charge in [-0.2, -0.15) is 0 Å². The fraction of sp³-hybridized carbons (Fsp3) is 0.375. The first kappa shape index (κ1) is 8.32. The van der Waals surface area contributed by atoms with Gasteiger partial charge < -0.3 is 4.57 Å². The van der Waals surface area contributed by atoms with Gasteiger partial charge in [-0.15, -0.1) is 0 Å². The molecule has 2 nitrogen and oxygen atoms in total. The lowest BCUT2D eigenvalue weighted by Crippen LogP contribution is -2.18. The molecule has 1 aromatic heterocycles. The minimum absolute atomic E-state index is 0.0156. The van der Waals surface area contributed by atoms with Crippen molar-refractivity contribution in [3.8, 4) is 0 Å². The van der Waals surface area contributed by atoms with E-state index in [0.29, 0.717) is 15.5 Å². The van der Waals surface area contributed by atoms with Crippen LogP contribution in [0, 0.1) is 0 Å². The molecule has 0 radical (unpaired) electrons. The van der Waals surface area contributed by atoms with Crippen molar-refractivity contribution in [2.75, 3.05) is 0 Å². The minimum atomic E-state index is 0.0156. The third-order valence-corrected chi connectivity index (χ3v) is 2.68. The molecule has 0 aromatic carbocycles. The Morgan fingerprint density at radius 3 is 2.83 bits per heavy atom. The fourth-order valence-electron chi connectivity index (χ4n) is 1.16. The lowest BCUT2D eigenvalue weighted by Gasteiger charge is -2.03. The molecule has 0 unspecified atom stereocenters. The molecule has 1 saturated carbocycles. The number of aromatic nitrogens is 1. The molecule has 4 heteroatoms. The molecule has 0 aliphatic heterocycles. The third kappa shape index (κ3) is 1.43. The van der Waals surface area contributed by atoms with Gasteiger partial charge in [-0.05, 0) is 34.8 Å². The molecular weight excluding hydrogens is 241 g/mol. The number of pyridine rings is 1. The van der Waals surface area contributed by atoms with Crippen molar-refractivity contribution in [2.24, 2.45) is 0 Å². The lowest BCUT2D eigenvalue weighted by atomic mass is 10.4. The third-order valence-electron chi connectivity index (χ3n) is 1.91. The summed E-state index contributed by atoms with van der Waals surface area (Å²) in [5, 5.41) is 0.605.